The number of fused-ring (bicyclic) bond motifs is 1. The zero-order valence-electron chi connectivity index (χ0n) is 18.1. The highest BCUT2D eigenvalue weighted by Gasteiger charge is 2.26. The van der Waals surface area contributed by atoms with E-state index in [9.17, 15) is 9.59 Å². The Hall–Kier alpha value is -4.00. The topological polar surface area (TPSA) is 79.9 Å². The molecular weight excluding hydrogens is 406 g/mol. The highest BCUT2D eigenvalue weighted by molar-refractivity contribution is 6.07. The van der Waals surface area contributed by atoms with Crippen molar-refractivity contribution in [2.24, 2.45) is 0 Å². The summed E-state index contributed by atoms with van der Waals surface area (Å²) in [6.07, 6.45) is 0.807. The smallest absolute Gasteiger partial charge is 0.319 e. The van der Waals surface area contributed by atoms with E-state index in [1.165, 1.54) is 0 Å². The highest BCUT2D eigenvalue weighted by atomic mass is 16.5. The van der Waals surface area contributed by atoms with Crippen molar-refractivity contribution in [2.45, 2.75) is 13.0 Å². The molecule has 0 saturated heterocycles. The van der Waals surface area contributed by atoms with Crippen LogP contribution in [0, 0.1) is 0 Å². The molecule has 1 aliphatic rings. The maximum atomic E-state index is 13.0. The van der Waals surface area contributed by atoms with Crippen LogP contribution in [0.1, 0.15) is 21.5 Å². The van der Waals surface area contributed by atoms with Gasteiger partial charge in [0.2, 0.25) is 0 Å². The lowest BCUT2D eigenvalue weighted by atomic mass is 10.1. The van der Waals surface area contributed by atoms with Crippen molar-refractivity contribution in [1.82, 2.24) is 5.32 Å². The molecule has 0 radical (unpaired) electrons. The van der Waals surface area contributed by atoms with E-state index in [0.717, 1.165) is 23.2 Å². The Balaban J connectivity index is 1.41. The number of ether oxygens (including phenoxy) is 2. The van der Waals surface area contributed by atoms with E-state index in [2.05, 4.69) is 10.6 Å². The molecular formula is C25H25N3O4. The van der Waals surface area contributed by atoms with E-state index >= 15 is 0 Å². The van der Waals surface area contributed by atoms with Gasteiger partial charge in [-0.05, 0) is 60.0 Å². The SMILES string of the molecule is COc1ccc(C(=O)N2CCc3ccc(CNC(=O)Nc4cccc(OC)c4)cc32)cc1. The summed E-state index contributed by atoms with van der Waals surface area (Å²) < 4.78 is 10.3. The molecule has 1 heterocycles. The Kier molecular flexibility index (Phi) is 6.26. The van der Waals surface area contributed by atoms with Crippen LogP contribution in [-0.2, 0) is 13.0 Å². The molecule has 2 N–H and O–H groups in total. The molecule has 164 valence electrons. The van der Waals surface area contributed by atoms with Crippen molar-refractivity contribution < 1.29 is 19.1 Å². The molecule has 0 saturated carbocycles. The third kappa shape index (κ3) is 4.67. The first-order valence-electron chi connectivity index (χ1n) is 10.3. The maximum Gasteiger partial charge on any atom is 0.319 e. The van der Waals surface area contributed by atoms with Crippen molar-refractivity contribution in [2.75, 3.05) is 31.0 Å². The largest absolute Gasteiger partial charge is 0.497 e. The lowest BCUT2D eigenvalue weighted by Gasteiger charge is -2.18. The molecule has 7 nitrogen and oxygen atoms in total. The quantitative estimate of drug-likeness (QED) is 0.612. The van der Waals surface area contributed by atoms with Gasteiger partial charge in [0.05, 0.1) is 14.2 Å². The second kappa shape index (κ2) is 9.43. The van der Waals surface area contributed by atoms with Crippen molar-refractivity contribution in [3.05, 3.63) is 83.4 Å². The normalized spacial score (nSPS) is 12.1. The Morgan fingerprint density at radius 2 is 1.72 bits per heavy atom. The Morgan fingerprint density at radius 1 is 0.938 bits per heavy atom. The van der Waals surface area contributed by atoms with Crippen molar-refractivity contribution in [3.63, 3.8) is 0 Å². The zero-order chi connectivity index (χ0) is 22.5. The fourth-order valence-electron chi connectivity index (χ4n) is 3.69. The first-order valence-corrected chi connectivity index (χ1v) is 10.3. The lowest BCUT2D eigenvalue weighted by molar-refractivity contribution is 0.0989. The van der Waals surface area contributed by atoms with Crippen LogP contribution in [0.5, 0.6) is 11.5 Å². The van der Waals surface area contributed by atoms with E-state index < -0.39 is 0 Å². The summed E-state index contributed by atoms with van der Waals surface area (Å²) in [6, 6.07) is 19.9. The summed E-state index contributed by atoms with van der Waals surface area (Å²) in [7, 11) is 3.18. The van der Waals surface area contributed by atoms with Gasteiger partial charge in [0.15, 0.2) is 0 Å². The van der Waals surface area contributed by atoms with E-state index in [0.29, 0.717) is 35.8 Å². The maximum absolute atomic E-state index is 13.0. The number of carbonyl (C=O) groups is 2. The average Bonchev–Trinajstić information content (AvgIpc) is 3.25. The molecule has 4 rings (SSSR count). The molecule has 3 aromatic rings. The molecule has 0 atom stereocenters. The van der Waals surface area contributed by atoms with Gasteiger partial charge < -0.3 is 25.0 Å². The van der Waals surface area contributed by atoms with Crippen LogP contribution >= 0.6 is 0 Å². The van der Waals surface area contributed by atoms with Crippen LogP contribution in [0.4, 0.5) is 16.2 Å². The second-order valence-electron chi connectivity index (χ2n) is 7.44. The van der Waals surface area contributed by atoms with Crippen molar-refractivity contribution >= 4 is 23.3 Å². The number of hydrogen-bond donors (Lipinski definition) is 2. The Labute approximate surface area is 187 Å². The van der Waals surface area contributed by atoms with Crippen LogP contribution in [0.25, 0.3) is 0 Å². The number of carbonyl (C=O) groups excluding carboxylic acids is 2. The Morgan fingerprint density at radius 3 is 2.47 bits per heavy atom. The zero-order valence-corrected chi connectivity index (χ0v) is 18.1. The van der Waals surface area contributed by atoms with Gasteiger partial charge in [-0.15, -0.1) is 0 Å². The van der Waals surface area contributed by atoms with Gasteiger partial charge in [0.25, 0.3) is 5.91 Å². The number of methoxy groups -OCH3 is 2. The minimum absolute atomic E-state index is 0.0488. The van der Waals surface area contributed by atoms with Crippen LogP contribution in [0.2, 0.25) is 0 Å². The first kappa shape index (κ1) is 21.2. The summed E-state index contributed by atoms with van der Waals surface area (Å²) in [4.78, 5) is 27.1. The molecule has 7 heteroatoms. The number of rotatable bonds is 6. The number of benzene rings is 3. The van der Waals surface area contributed by atoms with Gasteiger partial charge in [-0.25, -0.2) is 4.79 Å². The molecule has 0 bridgehead atoms. The molecule has 0 unspecified atom stereocenters. The molecule has 1 aliphatic heterocycles. The molecule has 3 aromatic carbocycles. The third-order valence-electron chi connectivity index (χ3n) is 5.41. The molecule has 32 heavy (non-hydrogen) atoms. The highest BCUT2D eigenvalue weighted by Crippen LogP contribution is 2.30. The van der Waals surface area contributed by atoms with Crippen LogP contribution < -0.4 is 25.0 Å². The molecule has 3 amide bonds. The van der Waals surface area contributed by atoms with Gasteiger partial charge in [0.1, 0.15) is 11.5 Å². The fraction of sp³-hybridized carbons (Fsp3) is 0.200. The summed E-state index contributed by atoms with van der Waals surface area (Å²) in [5.74, 6) is 1.33. The molecule has 0 fully saturated rings. The summed E-state index contributed by atoms with van der Waals surface area (Å²) in [5.41, 5.74) is 4.18. The Bertz CT molecular complexity index is 1130. The standard InChI is InChI=1S/C25H25N3O4/c1-31-21-10-8-19(9-11-21)24(29)28-13-12-18-7-6-17(14-23(18)28)16-26-25(30)27-20-4-3-5-22(15-20)32-2/h3-11,14-15H,12-13,16H2,1-2H3,(H2,26,27,30). The third-order valence-corrected chi connectivity index (χ3v) is 5.41. The monoisotopic (exact) mass is 431 g/mol. The van der Waals surface area contributed by atoms with Crippen molar-refractivity contribution in [3.8, 4) is 11.5 Å². The summed E-state index contributed by atoms with van der Waals surface area (Å²) in [5, 5.41) is 5.65. The van der Waals surface area contributed by atoms with Crippen LogP contribution in [-0.4, -0.2) is 32.7 Å². The number of nitrogens with one attached hydrogen (secondary N) is 2. The lowest BCUT2D eigenvalue weighted by Crippen LogP contribution is -2.29. The number of hydrogen-bond acceptors (Lipinski definition) is 4. The van der Waals surface area contributed by atoms with Gasteiger partial charge in [-0.1, -0.05) is 18.2 Å². The number of urea groups is 1. The van der Waals surface area contributed by atoms with Gasteiger partial charge in [-0.3, -0.25) is 4.79 Å². The van der Waals surface area contributed by atoms with Gasteiger partial charge in [0, 0.05) is 36.1 Å². The number of amides is 3. The van der Waals surface area contributed by atoms with Crippen molar-refractivity contribution in [1.29, 1.82) is 0 Å². The van der Waals surface area contributed by atoms with Gasteiger partial charge >= 0.3 is 6.03 Å². The van der Waals surface area contributed by atoms with Crippen LogP contribution in [0.15, 0.2) is 66.7 Å². The predicted molar refractivity (Wildman–Crippen MR) is 124 cm³/mol. The minimum Gasteiger partial charge on any atom is -0.497 e. The predicted octanol–water partition coefficient (Wildman–Crippen LogP) is 4.23. The van der Waals surface area contributed by atoms with E-state index in [1.54, 1.807) is 55.5 Å². The average molecular weight is 431 g/mol. The molecule has 0 aliphatic carbocycles. The van der Waals surface area contributed by atoms with Gasteiger partial charge in [-0.2, -0.15) is 0 Å². The second-order valence-corrected chi connectivity index (χ2v) is 7.44. The van der Waals surface area contributed by atoms with E-state index in [-0.39, 0.29) is 11.9 Å². The number of anilines is 2. The molecule has 0 spiro atoms. The number of nitrogens with zero attached hydrogens (tertiary/aromatic N) is 1. The summed E-state index contributed by atoms with van der Waals surface area (Å²) in [6.45, 7) is 0.973. The van der Waals surface area contributed by atoms with E-state index in [1.807, 2.05) is 30.3 Å². The fourth-order valence-corrected chi connectivity index (χ4v) is 3.69. The first-order chi connectivity index (χ1) is 15.6. The minimum atomic E-state index is -0.315. The van der Waals surface area contributed by atoms with E-state index in [4.69, 9.17) is 9.47 Å². The van der Waals surface area contributed by atoms with Crippen LogP contribution in [0.3, 0.4) is 0 Å². The summed E-state index contributed by atoms with van der Waals surface area (Å²) >= 11 is 0. The molecule has 0 aromatic heterocycles.